The van der Waals surface area contributed by atoms with Gasteiger partial charge in [-0.05, 0) is 43.4 Å². The van der Waals surface area contributed by atoms with Gasteiger partial charge in [0.2, 0.25) is 0 Å². The van der Waals surface area contributed by atoms with Crippen molar-refractivity contribution in [3.63, 3.8) is 0 Å². The van der Waals surface area contributed by atoms with Gasteiger partial charge in [0.05, 0.1) is 12.7 Å². The minimum atomic E-state index is -0.523. The van der Waals surface area contributed by atoms with Gasteiger partial charge in [-0.2, -0.15) is 0 Å². The fourth-order valence-electron chi connectivity index (χ4n) is 2.21. The molecular formula is C15H22O3. The van der Waals surface area contributed by atoms with E-state index < -0.39 is 6.10 Å². The molecule has 0 bridgehead atoms. The van der Waals surface area contributed by atoms with Crippen LogP contribution in [-0.4, -0.2) is 24.4 Å². The van der Waals surface area contributed by atoms with E-state index in [0.29, 0.717) is 0 Å². The molecule has 0 aliphatic carbocycles. The Labute approximate surface area is 109 Å². The van der Waals surface area contributed by atoms with Gasteiger partial charge in [-0.1, -0.05) is 19.1 Å². The van der Waals surface area contributed by atoms with E-state index >= 15 is 0 Å². The highest BCUT2D eigenvalue weighted by Gasteiger charge is 2.23. The summed E-state index contributed by atoms with van der Waals surface area (Å²) in [7, 11) is 0. The summed E-state index contributed by atoms with van der Waals surface area (Å²) in [6.45, 7) is 3.57. The number of benzene rings is 1. The van der Waals surface area contributed by atoms with Crippen molar-refractivity contribution in [1.29, 1.82) is 0 Å². The molecule has 0 spiro atoms. The van der Waals surface area contributed by atoms with Crippen molar-refractivity contribution >= 4 is 0 Å². The highest BCUT2D eigenvalue weighted by molar-refractivity contribution is 5.29. The van der Waals surface area contributed by atoms with E-state index in [1.54, 1.807) is 0 Å². The number of hydrogen-bond acceptors (Lipinski definition) is 3. The van der Waals surface area contributed by atoms with Crippen molar-refractivity contribution in [1.82, 2.24) is 0 Å². The lowest BCUT2D eigenvalue weighted by Gasteiger charge is -2.27. The number of rotatable bonds is 5. The molecule has 2 unspecified atom stereocenters. The average molecular weight is 250 g/mol. The van der Waals surface area contributed by atoms with Crippen molar-refractivity contribution in [2.24, 2.45) is 0 Å². The first-order valence-corrected chi connectivity index (χ1v) is 6.83. The molecule has 1 aromatic carbocycles. The first kappa shape index (κ1) is 13.4. The summed E-state index contributed by atoms with van der Waals surface area (Å²) in [5, 5.41) is 10.2. The highest BCUT2D eigenvalue weighted by Crippen LogP contribution is 2.27. The Kier molecular flexibility index (Phi) is 5.02. The maximum Gasteiger partial charge on any atom is 0.119 e. The molecule has 0 amide bonds. The molecule has 1 aliphatic heterocycles. The zero-order chi connectivity index (χ0) is 12.8. The zero-order valence-corrected chi connectivity index (χ0v) is 11.0. The van der Waals surface area contributed by atoms with Crippen LogP contribution in [0, 0.1) is 0 Å². The van der Waals surface area contributed by atoms with Gasteiger partial charge in [0.25, 0.3) is 0 Å². The average Bonchev–Trinajstić information content (AvgIpc) is 2.46. The normalized spacial score (nSPS) is 21.6. The van der Waals surface area contributed by atoms with Gasteiger partial charge in [0, 0.05) is 6.61 Å². The fraction of sp³-hybridized carbons (Fsp3) is 0.600. The molecule has 100 valence electrons. The van der Waals surface area contributed by atoms with Gasteiger partial charge in [-0.25, -0.2) is 0 Å². The Morgan fingerprint density at radius 2 is 2.11 bits per heavy atom. The Morgan fingerprint density at radius 1 is 1.33 bits per heavy atom. The molecule has 1 saturated heterocycles. The maximum absolute atomic E-state index is 10.2. The van der Waals surface area contributed by atoms with Crippen LogP contribution in [0.1, 0.15) is 44.3 Å². The molecular weight excluding hydrogens is 228 g/mol. The van der Waals surface area contributed by atoms with Gasteiger partial charge < -0.3 is 14.6 Å². The van der Waals surface area contributed by atoms with E-state index in [9.17, 15) is 5.11 Å². The molecule has 0 saturated carbocycles. The lowest BCUT2D eigenvalue weighted by atomic mass is 9.98. The predicted octanol–water partition coefficient (Wildman–Crippen LogP) is 3.08. The van der Waals surface area contributed by atoms with Crippen LogP contribution in [0.2, 0.25) is 0 Å². The molecule has 2 rings (SSSR count). The van der Waals surface area contributed by atoms with Crippen LogP contribution in [0.5, 0.6) is 5.75 Å². The highest BCUT2D eigenvalue weighted by atomic mass is 16.5. The summed E-state index contributed by atoms with van der Waals surface area (Å²) in [5.41, 5.74) is 0.908. The van der Waals surface area contributed by atoms with Crippen molar-refractivity contribution in [3.05, 3.63) is 29.8 Å². The second-order valence-electron chi connectivity index (χ2n) is 4.77. The second-order valence-corrected chi connectivity index (χ2v) is 4.77. The second kappa shape index (κ2) is 6.76. The SMILES string of the molecule is CCCOc1ccc(C(O)C2CCCCO2)cc1. The molecule has 3 heteroatoms. The summed E-state index contributed by atoms with van der Waals surface area (Å²) < 4.78 is 11.1. The van der Waals surface area contributed by atoms with Gasteiger partial charge in [0.1, 0.15) is 11.9 Å². The van der Waals surface area contributed by atoms with E-state index in [1.165, 1.54) is 0 Å². The fourth-order valence-corrected chi connectivity index (χ4v) is 2.21. The van der Waals surface area contributed by atoms with E-state index in [4.69, 9.17) is 9.47 Å². The number of aliphatic hydroxyl groups is 1. The number of ether oxygens (including phenoxy) is 2. The van der Waals surface area contributed by atoms with Crippen LogP contribution in [-0.2, 0) is 4.74 Å². The standard InChI is InChI=1S/C15H22O3/c1-2-10-17-13-8-6-12(7-9-13)15(16)14-5-3-4-11-18-14/h6-9,14-16H,2-5,10-11H2,1H3. The summed E-state index contributed by atoms with van der Waals surface area (Å²) >= 11 is 0. The Balaban J connectivity index is 1.95. The Bertz CT molecular complexity index is 341. The monoisotopic (exact) mass is 250 g/mol. The van der Waals surface area contributed by atoms with Crippen molar-refractivity contribution in [2.45, 2.75) is 44.8 Å². The lowest BCUT2D eigenvalue weighted by molar-refractivity contribution is -0.0633. The van der Waals surface area contributed by atoms with Crippen LogP contribution in [0.15, 0.2) is 24.3 Å². The van der Waals surface area contributed by atoms with Crippen LogP contribution < -0.4 is 4.74 Å². The number of hydrogen-bond donors (Lipinski definition) is 1. The van der Waals surface area contributed by atoms with Crippen molar-refractivity contribution in [3.8, 4) is 5.75 Å². The van der Waals surface area contributed by atoms with Gasteiger partial charge in [-0.3, -0.25) is 0 Å². The minimum absolute atomic E-state index is 0.0545. The molecule has 1 aliphatic rings. The Morgan fingerprint density at radius 3 is 2.72 bits per heavy atom. The summed E-state index contributed by atoms with van der Waals surface area (Å²) in [4.78, 5) is 0. The third kappa shape index (κ3) is 3.47. The predicted molar refractivity (Wildman–Crippen MR) is 70.8 cm³/mol. The van der Waals surface area contributed by atoms with Gasteiger partial charge >= 0.3 is 0 Å². The topological polar surface area (TPSA) is 38.7 Å². The molecule has 1 N–H and O–H groups in total. The van der Waals surface area contributed by atoms with Crippen LogP contribution in [0.4, 0.5) is 0 Å². The third-order valence-electron chi connectivity index (χ3n) is 3.26. The molecule has 1 aromatic rings. The van der Waals surface area contributed by atoms with Gasteiger partial charge in [-0.15, -0.1) is 0 Å². The molecule has 0 aromatic heterocycles. The van der Waals surface area contributed by atoms with E-state index in [2.05, 4.69) is 6.92 Å². The molecule has 3 nitrogen and oxygen atoms in total. The Hall–Kier alpha value is -1.06. The maximum atomic E-state index is 10.2. The van der Waals surface area contributed by atoms with Crippen molar-refractivity contribution < 1.29 is 14.6 Å². The minimum Gasteiger partial charge on any atom is -0.494 e. The molecule has 1 heterocycles. The first-order valence-electron chi connectivity index (χ1n) is 6.83. The zero-order valence-electron chi connectivity index (χ0n) is 11.0. The molecule has 18 heavy (non-hydrogen) atoms. The largest absolute Gasteiger partial charge is 0.494 e. The van der Waals surface area contributed by atoms with E-state index in [1.807, 2.05) is 24.3 Å². The van der Waals surface area contributed by atoms with Crippen molar-refractivity contribution in [2.75, 3.05) is 13.2 Å². The summed E-state index contributed by atoms with van der Waals surface area (Å²) in [6.07, 6.45) is 3.61. The van der Waals surface area contributed by atoms with Crippen LogP contribution in [0.25, 0.3) is 0 Å². The number of aliphatic hydroxyl groups excluding tert-OH is 1. The first-order chi connectivity index (χ1) is 8.81. The lowest BCUT2D eigenvalue weighted by Crippen LogP contribution is -2.26. The molecule has 2 atom stereocenters. The van der Waals surface area contributed by atoms with Crippen LogP contribution >= 0.6 is 0 Å². The van der Waals surface area contributed by atoms with Crippen LogP contribution in [0.3, 0.4) is 0 Å². The van der Waals surface area contributed by atoms with E-state index in [-0.39, 0.29) is 6.10 Å². The smallest absolute Gasteiger partial charge is 0.119 e. The molecule has 0 radical (unpaired) electrons. The van der Waals surface area contributed by atoms with Gasteiger partial charge in [0.15, 0.2) is 0 Å². The third-order valence-corrected chi connectivity index (χ3v) is 3.26. The quantitative estimate of drug-likeness (QED) is 0.872. The van der Waals surface area contributed by atoms with E-state index in [0.717, 1.165) is 50.2 Å². The summed E-state index contributed by atoms with van der Waals surface area (Å²) in [5.74, 6) is 0.859. The summed E-state index contributed by atoms with van der Waals surface area (Å²) in [6, 6.07) is 7.68. The molecule has 1 fully saturated rings.